The quantitative estimate of drug-likeness (QED) is 0.858. The number of carbonyl (C=O) groups excluding carboxylic acids is 1. The number of ether oxygens (including phenoxy) is 2. The lowest BCUT2D eigenvalue weighted by molar-refractivity contribution is -0.123. The van der Waals surface area contributed by atoms with Gasteiger partial charge in [-0.05, 0) is 37.1 Å². The number of piperidine rings is 1. The first-order valence-corrected chi connectivity index (χ1v) is 6.72. The molecule has 2 heterocycles. The maximum absolute atomic E-state index is 12.0. The van der Waals surface area contributed by atoms with Crippen molar-refractivity contribution < 1.29 is 14.3 Å². The standard InChI is InChI=1S/C14H18N2O3/c17-14(11-3-1-2-6-15-11)16-8-10-4-5-12-13(7-10)19-9-18-12/h4-5,7,11,15H,1-3,6,8-9H2,(H,16,17). The SMILES string of the molecule is O=C(NCc1ccc2c(c1)OCO2)C1CCCCN1. The van der Waals surface area contributed by atoms with Gasteiger partial charge in [-0.3, -0.25) is 4.79 Å². The Hall–Kier alpha value is -1.75. The van der Waals surface area contributed by atoms with E-state index in [9.17, 15) is 4.79 Å². The Kier molecular flexibility index (Phi) is 3.55. The molecule has 1 saturated heterocycles. The predicted octanol–water partition coefficient (Wildman–Crippen LogP) is 1.17. The predicted molar refractivity (Wildman–Crippen MR) is 70.1 cm³/mol. The second-order valence-corrected chi connectivity index (χ2v) is 4.91. The van der Waals surface area contributed by atoms with Crippen LogP contribution in [0, 0.1) is 0 Å². The van der Waals surface area contributed by atoms with Crippen molar-refractivity contribution in [2.45, 2.75) is 31.8 Å². The lowest BCUT2D eigenvalue weighted by atomic mass is 10.0. The van der Waals surface area contributed by atoms with E-state index in [0.717, 1.165) is 42.9 Å². The van der Waals surface area contributed by atoms with E-state index in [1.165, 1.54) is 0 Å². The van der Waals surface area contributed by atoms with Crippen LogP contribution in [0.4, 0.5) is 0 Å². The van der Waals surface area contributed by atoms with Crippen LogP contribution in [0.15, 0.2) is 18.2 Å². The zero-order chi connectivity index (χ0) is 13.1. The minimum absolute atomic E-state index is 0.0391. The summed E-state index contributed by atoms with van der Waals surface area (Å²) in [5, 5.41) is 6.20. The molecule has 0 aliphatic carbocycles. The first kappa shape index (κ1) is 12.3. The number of carbonyl (C=O) groups is 1. The summed E-state index contributed by atoms with van der Waals surface area (Å²) in [5.41, 5.74) is 1.02. The smallest absolute Gasteiger partial charge is 0.237 e. The molecule has 0 spiro atoms. The van der Waals surface area contributed by atoms with Gasteiger partial charge in [0.1, 0.15) is 0 Å². The summed E-state index contributed by atoms with van der Waals surface area (Å²) in [7, 11) is 0. The molecule has 0 aromatic heterocycles. The number of amides is 1. The number of fused-ring (bicyclic) bond motifs is 1. The van der Waals surface area contributed by atoms with Gasteiger partial charge in [-0.1, -0.05) is 12.5 Å². The van der Waals surface area contributed by atoms with Gasteiger partial charge in [0.25, 0.3) is 0 Å². The molecule has 5 nitrogen and oxygen atoms in total. The average Bonchev–Trinajstić information content (AvgIpc) is 2.93. The maximum atomic E-state index is 12.0. The molecule has 0 saturated carbocycles. The summed E-state index contributed by atoms with van der Waals surface area (Å²) in [6.45, 7) is 1.73. The van der Waals surface area contributed by atoms with E-state index >= 15 is 0 Å². The molecule has 102 valence electrons. The highest BCUT2D eigenvalue weighted by Gasteiger charge is 2.20. The highest BCUT2D eigenvalue weighted by atomic mass is 16.7. The van der Waals surface area contributed by atoms with Gasteiger partial charge in [-0.2, -0.15) is 0 Å². The number of hydrogen-bond acceptors (Lipinski definition) is 4. The van der Waals surface area contributed by atoms with Gasteiger partial charge in [-0.25, -0.2) is 0 Å². The van der Waals surface area contributed by atoms with Crippen molar-refractivity contribution >= 4 is 5.91 Å². The van der Waals surface area contributed by atoms with Crippen LogP contribution in [0.1, 0.15) is 24.8 Å². The molecule has 2 aliphatic rings. The summed E-state index contributed by atoms with van der Waals surface area (Å²) in [6.07, 6.45) is 3.20. The Morgan fingerprint density at radius 3 is 3.05 bits per heavy atom. The van der Waals surface area contributed by atoms with Crippen molar-refractivity contribution in [1.82, 2.24) is 10.6 Å². The van der Waals surface area contributed by atoms with Crippen molar-refractivity contribution in [3.8, 4) is 11.5 Å². The summed E-state index contributed by atoms with van der Waals surface area (Å²) < 4.78 is 10.6. The Bertz CT molecular complexity index is 470. The van der Waals surface area contributed by atoms with Crippen LogP contribution in [-0.4, -0.2) is 25.3 Å². The second-order valence-electron chi connectivity index (χ2n) is 4.91. The van der Waals surface area contributed by atoms with E-state index in [-0.39, 0.29) is 18.7 Å². The van der Waals surface area contributed by atoms with Crippen molar-refractivity contribution in [1.29, 1.82) is 0 Å². The Balaban J connectivity index is 1.55. The summed E-state index contributed by atoms with van der Waals surface area (Å²) in [5.74, 6) is 1.60. The van der Waals surface area contributed by atoms with Gasteiger partial charge in [-0.15, -0.1) is 0 Å². The molecule has 5 heteroatoms. The van der Waals surface area contributed by atoms with Crippen LogP contribution in [0.5, 0.6) is 11.5 Å². The maximum Gasteiger partial charge on any atom is 0.237 e. The molecule has 0 radical (unpaired) electrons. The van der Waals surface area contributed by atoms with E-state index in [4.69, 9.17) is 9.47 Å². The molecule has 19 heavy (non-hydrogen) atoms. The van der Waals surface area contributed by atoms with Crippen molar-refractivity contribution in [3.05, 3.63) is 23.8 Å². The summed E-state index contributed by atoms with van der Waals surface area (Å²) >= 11 is 0. The van der Waals surface area contributed by atoms with Crippen LogP contribution in [-0.2, 0) is 11.3 Å². The molecule has 1 fully saturated rings. The number of benzene rings is 1. The Morgan fingerprint density at radius 1 is 1.32 bits per heavy atom. The van der Waals surface area contributed by atoms with E-state index in [2.05, 4.69) is 10.6 Å². The van der Waals surface area contributed by atoms with E-state index in [1.54, 1.807) is 0 Å². The molecular weight excluding hydrogens is 244 g/mol. The van der Waals surface area contributed by atoms with Gasteiger partial charge >= 0.3 is 0 Å². The lowest BCUT2D eigenvalue weighted by Crippen LogP contribution is -2.46. The average molecular weight is 262 g/mol. The minimum atomic E-state index is -0.0391. The van der Waals surface area contributed by atoms with Crippen molar-refractivity contribution in [2.75, 3.05) is 13.3 Å². The van der Waals surface area contributed by atoms with Gasteiger partial charge in [0.2, 0.25) is 12.7 Å². The molecule has 2 N–H and O–H groups in total. The van der Waals surface area contributed by atoms with Crippen LogP contribution in [0.25, 0.3) is 0 Å². The van der Waals surface area contributed by atoms with E-state index in [0.29, 0.717) is 6.54 Å². The van der Waals surface area contributed by atoms with Gasteiger partial charge in [0, 0.05) is 6.54 Å². The molecule has 1 unspecified atom stereocenters. The van der Waals surface area contributed by atoms with Gasteiger partial charge < -0.3 is 20.1 Å². The summed E-state index contributed by atoms with van der Waals surface area (Å²) in [6, 6.07) is 5.70. The molecule has 3 rings (SSSR count). The topological polar surface area (TPSA) is 59.6 Å². The van der Waals surface area contributed by atoms with Crippen LogP contribution >= 0.6 is 0 Å². The number of rotatable bonds is 3. The van der Waals surface area contributed by atoms with E-state index in [1.807, 2.05) is 18.2 Å². The minimum Gasteiger partial charge on any atom is -0.454 e. The lowest BCUT2D eigenvalue weighted by Gasteiger charge is -2.22. The third-order valence-electron chi connectivity index (χ3n) is 3.53. The molecule has 1 amide bonds. The second kappa shape index (κ2) is 5.48. The van der Waals surface area contributed by atoms with Gasteiger partial charge in [0.15, 0.2) is 11.5 Å². The highest BCUT2D eigenvalue weighted by Crippen LogP contribution is 2.32. The largest absolute Gasteiger partial charge is 0.454 e. The fourth-order valence-electron chi connectivity index (χ4n) is 2.44. The van der Waals surface area contributed by atoms with Crippen molar-refractivity contribution in [2.24, 2.45) is 0 Å². The van der Waals surface area contributed by atoms with Crippen LogP contribution in [0.3, 0.4) is 0 Å². The van der Waals surface area contributed by atoms with Crippen LogP contribution in [0.2, 0.25) is 0 Å². The molecule has 2 aliphatic heterocycles. The monoisotopic (exact) mass is 262 g/mol. The third-order valence-corrected chi connectivity index (χ3v) is 3.53. The fourth-order valence-corrected chi connectivity index (χ4v) is 2.44. The first-order chi connectivity index (χ1) is 9.33. The zero-order valence-corrected chi connectivity index (χ0v) is 10.8. The van der Waals surface area contributed by atoms with E-state index < -0.39 is 0 Å². The Labute approximate surface area is 112 Å². The van der Waals surface area contributed by atoms with Crippen LogP contribution < -0.4 is 20.1 Å². The van der Waals surface area contributed by atoms with Gasteiger partial charge in [0.05, 0.1) is 6.04 Å². The third kappa shape index (κ3) is 2.81. The Morgan fingerprint density at radius 2 is 2.21 bits per heavy atom. The number of nitrogens with one attached hydrogen (secondary N) is 2. The number of hydrogen-bond donors (Lipinski definition) is 2. The molecular formula is C14H18N2O3. The zero-order valence-electron chi connectivity index (χ0n) is 10.8. The molecule has 1 aromatic carbocycles. The molecule has 0 bridgehead atoms. The summed E-state index contributed by atoms with van der Waals surface area (Å²) in [4.78, 5) is 12.0. The highest BCUT2D eigenvalue weighted by molar-refractivity contribution is 5.81. The van der Waals surface area contributed by atoms with Crippen molar-refractivity contribution in [3.63, 3.8) is 0 Å². The molecule has 1 aromatic rings. The fraction of sp³-hybridized carbons (Fsp3) is 0.500. The molecule has 1 atom stereocenters. The normalized spacial score (nSPS) is 21.2. The first-order valence-electron chi connectivity index (χ1n) is 6.72.